The Bertz CT molecular complexity index is 238. The van der Waals surface area contributed by atoms with Crippen molar-refractivity contribution in [2.24, 2.45) is 10.4 Å². The van der Waals surface area contributed by atoms with Crippen molar-refractivity contribution in [3.05, 3.63) is 24.0 Å². The number of hydrogen-bond donors (Lipinski definition) is 1. The second-order valence-electron chi connectivity index (χ2n) is 2.97. The molecule has 0 spiro atoms. The zero-order chi connectivity index (χ0) is 7.03. The van der Waals surface area contributed by atoms with Crippen molar-refractivity contribution in [2.75, 3.05) is 6.54 Å². The molecule has 1 unspecified atom stereocenters. The van der Waals surface area contributed by atoms with Gasteiger partial charge in [0.15, 0.2) is 0 Å². The molecular formula is C8H10N2. The Hall–Kier alpha value is -1.05. The molecule has 0 bridgehead atoms. The van der Waals surface area contributed by atoms with E-state index in [0.717, 1.165) is 6.54 Å². The quantitative estimate of drug-likeness (QED) is 0.526. The third kappa shape index (κ3) is 0.618. The fraction of sp³-hybridized carbons (Fsp3) is 0.375. The average Bonchev–Trinajstić information content (AvgIpc) is 2.29. The number of rotatable bonds is 0. The van der Waals surface area contributed by atoms with Gasteiger partial charge in [-0.1, -0.05) is 6.08 Å². The van der Waals surface area contributed by atoms with Crippen molar-refractivity contribution in [3.8, 4) is 0 Å². The Balaban J connectivity index is 2.41. The minimum atomic E-state index is 0.161. The molecule has 2 rings (SSSR count). The molecule has 2 nitrogen and oxygen atoms in total. The predicted molar refractivity (Wildman–Crippen MR) is 41.8 cm³/mol. The summed E-state index contributed by atoms with van der Waals surface area (Å²) in [4.78, 5) is 4.20. The normalized spacial score (nSPS) is 35.1. The lowest BCUT2D eigenvalue weighted by Gasteiger charge is -2.23. The zero-order valence-corrected chi connectivity index (χ0v) is 5.96. The highest BCUT2D eigenvalue weighted by Gasteiger charge is 2.30. The van der Waals surface area contributed by atoms with Gasteiger partial charge in [0, 0.05) is 17.3 Å². The van der Waals surface area contributed by atoms with Crippen LogP contribution in [0.25, 0.3) is 0 Å². The van der Waals surface area contributed by atoms with Gasteiger partial charge in [-0.15, -0.1) is 0 Å². The molecule has 52 valence electrons. The smallest absolute Gasteiger partial charge is 0.0533 e. The molecule has 0 aromatic rings. The summed E-state index contributed by atoms with van der Waals surface area (Å²) in [5, 5.41) is 3.19. The summed E-state index contributed by atoms with van der Waals surface area (Å²) in [6, 6.07) is 0. The molecule has 0 amide bonds. The van der Waals surface area contributed by atoms with Crippen LogP contribution in [-0.2, 0) is 0 Å². The van der Waals surface area contributed by atoms with E-state index in [1.165, 1.54) is 5.70 Å². The lowest BCUT2D eigenvalue weighted by atomic mass is 9.87. The SMILES string of the molecule is CC12C=CNC1=CC=NC2. The summed E-state index contributed by atoms with van der Waals surface area (Å²) < 4.78 is 0. The first kappa shape index (κ1) is 5.71. The van der Waals surface area contributed by atoms with Crippen molar-refractivity contribution in [2.45, 2.75) is 6.92 Å². The van der Waals surface area contributed by atoms with Gasteiger partial charge in [0.1, 0.15) is 0 Å². The van der Waals surface area contributed by atoms with E-state index in [1.54, 1.807) is 0 Å². The topological polar surface area (TPSA) is 24.4 Å². The Morgan fingerprint density at radius 3 is 3.40 bits per heavy atom. The van der Waals surface area contributed by atoms with Crippen LogP contribution in [0.5, 0.6) is 0 Å². The second-order valence-corrected chi connectivity index (χ2v) is 2.97. The summed E-state index contributed by atoms with van der Waals surface area (Å²) in [5.41, 5.74) is 1.43. The molecule has 10 heavy (non-hydrogen) atoms. The molecule has 1 N–H and O–H groups in total. The van der Waals surface area contributed by atoms with Gasteiger partial charge in [-0.2, -0.15) is 0 Å². The van der Waals surface area contributed by atoms with Crippen molar-refractivity contribution in [1.82, 2.24) is 5.32 Å². The average molecular weight is 134 g/mol. The maximum atomic E-state index is 4.20. The van der Waals surface area contributed by atoms with Crippen LogP contribution in [-0.4, -0.2) is 12.8 Å². The van der Waals surface area contributed by atoms with Gasteiger partial charge in [-0.25, -0.2) is 0 Å². The third-order valence-corrected chi connectivity index (χ3v) is 2.07. The van der Waals surface area contributed by atoms with Gasteiger partial charge in [0.2, 0.25) is 0 Å². The van der Waals surface area contributed by atoms with E-state index in [9.17, 15) is 0 Å². The van der Waals surface area contributed by atoms with E-state index in [1.807, 2.05) is 18.5 Å². The van der Waals surface area contributed by atoms with Crippen LogP contribution in [0.2, 0.25) is 0 Å². The van der Waals surface area contributed by atoms with E-state index in [2.05, 4.69) is 23.3 Å². The van der Waals surface area contributed by atoms with Gasteiger partial charge in [-0.3, -0.25) is 4.99 Å². The highest BCUT2D eigenvalue weighted by atomic mass is 14.9. The maximum absolute atomic E-state index is 4.20. The highest BCUT2D eigenvalue weighted by Crippen LogP contribution is 2.32. The van der Waals surface area contributed by atoms with Crippen molar-refractivity contribution in [3.63, 3.8) is 0 Å². The molecule has 2 aliphatic rings. The van der Waals surface area contributed by atoms with Crippen LogP contribution in [0.3, 0.4) is 0 Å². The largest absolute Gasteiger partial charge is 0.364 e. The first-order valence-corrected chi connectivity index (χ1v) is 3.46. The maximum Gasteiger partial charge on any atom is 0.0533 e. The van der Waals surface area contributed by atoms with Gasteiger partial charge < -0.3 is 5.32 Å². The van der Waals surface area contributed by atoms with Gasteiger partial charge in [0.25, 0.3) is 0 Å². The Morgan fingerprint density at radius 1 is 1.70 bits per heavy atom. The number of hydrogen-bond acceptors (Lipinski definition) is 2. The molecule has 0 fully saturated rings. The van der Waals surface area contributed by atoms with Crippen LogP contribution in [0, 0.1) is 5.41 Å². The molecule has 0 aromatic carbocycles. The molecule has 2 heterocycles. The van der Waals surface area contributed by atoms with Crippen molar-refractivity contribution in [1.29, 1.82) is 0 Å². The minimum Gasteiger partial charge on any atom is -0.364 e. The number of fused-ring (bicyclic) bond motifs is 1. The number of allylic oxidation sites excluding steroid dienone is 1. The predicted octanol–water partition coefficient (Wildman–Crippen LogP) is 1.08. The van der Waals surface area contributed by atoms with Gasteiger partial charge in [-0.05, 0) is 19.2 Å². The lowest BCUT2D eigenvalue weighted by Crippen LogP contribution is -2.24. The number of dihydropyridines is 1. The molecule has 1 atom stereocenters. The Kier molecular flexibility index (Phi) is 0.982. The molecule has 0 saturated carbocycles. The van der Waals surface area contributed by atoms with Crippen molar-refractivity contribution < 1.29 is 0 Å². The lowest BCUT2D eigenvalue weighted by molar-refractivity contribution is 0.526. The number of nitrogens with one attached hydrogen (secondary N) is 1. The van der Waals surface area contributed by atoms with Crippen LogP contribution in [0.4, 0.5) is 0 Å². The molecule has 0 aromatic heterocycles. The number of aliphatic imine (C=N–C) groups is 1. The summed E-state index contributed by atoms with van der Waals surface area (Å²) in [6.07, 6.45) is 8.04. The molecule has 2 aliphatic heterocycles. The van der Waals surface area contributed by atoms with E-state index < -0.39 is 0 Å². The van der Waals surface area contributed by atoms with Crippen molar-refractivity contribution >= 4 is 6.21 Å². The van der Waals surface area contributed by atoms with E-state index >= 15 is 0 Å². The second kappa shape index (κ2) is 1.72. The van der Waals surface area contributed by atoms with Gasteiger partial charge >= 0.3 is 0 Å². The molecule has 0 saturated heterocycles. The monoisotopic (exact) mass is 134 g/mol. The standard InChI is InChI=1S/C8H10N2/c1-8-3-5-10-7(8)2-4-9-6-8/h2-5,10H,6H2,1H3. The molecule has 2 heteroatoms. The zero-order valence-electron chi connectivity index (χ0n) is 5.96. The Morgan fingerprint density at radius 2 is 2.60 bits per heavy atom. The van der Waals surface area contributed by atoms with E-state index in [-0.39, 0.29) is 5.41 Å². The summed E-state index contributed by atoms with van der Waals surface area (Å²) in [7, 11) is 0. The fourth-order valence-corrected chi connectivity index (χ4v) is 1.32. The van der Waals surface area contributed by atoms with Crippen LogP contribution < -0.4 is 5.32 Å². The first-order chi connectivity index (χ1) is 4.81. The first-order valence-electron chi connectivity index (χ1n) is 3.46. The number of nitrogens with zero attached hydrogens (tertiary/aromatic N) is 1. The summed E-state index contributed by atoms with van der Waals surface area (Å²) in [6.45, 7) is 3.06. The van der Waals surface area contributed by atoms with Gasteiger partial charge in [0.05, 0.1) is 6.54 Å². The van der Waals surface area contributed by atoms with E-state index in [0.29, 0.717) is 0 Å². The molecule has 0 radical (unpaired) electrons. The molecular weight excluding hydrogens is 124 g/mol. The van der Waals surface area contributed by atoms with E-state index in [4.69, 9.17) is 0 Å². The third-order valence-electron chi connectivity index (χ3n) is 2.07. The fourth-order valence-electron chi connectivity index (χ4n) is 1.32. The highest BCUT2D eigenvalue weighted by molar-refractivity contribution is 5.74. The minimum absolute atomic E-state index is 0.161. The Labute approximate surface area is 60.3 Å². The summed E-state index contributed by atoms with van der Waals surface area (Å²) in [5.74, 6) is 0. The van der Waals surface area contributed by atoms with Crippen LogP contribution >= 0.6 is 0 Å². The van der Waals surface area contributed by atoms with Crippen LogP contribution in [0.15, 0.2) is 29.0 Å². The van der Waals surface area contributed by atoms with Crippen LogP contribution in [0.1, 0.15) is 6.92 Å². The summed E-state index contributed by atoms with van der Waals surface area (Å²) >= 11 is 0. The molecule has 0 aliphatic carbocycles.